The maximum absolute atomic E-state index is 13.1. The van der Waals surface area contributed by atoms with Gasteiger partial charge in [0.2, 0.25) is 0 Å². The van der Waals surface area contributed by atoms with E-state index < -0.39 is 0 Å². The number of halogens is 1. The number of benzene rings is 1. The van der Waals surface area contributed by atoms with Gasteiger partial charge in [-0.3, -0.25) is 4.79 Å². The highest BCUT2D eigenvalue weighted by Crippen LogP contribution is 2.46. The molecule has 1 saturated carbocycles. The highest BCUT2D eigenvalue weighted by Gasteiger charge is 2.37. The van der Waals surface area contributed by atoms with Gasteiger partial charge in [-0.15, -0.1) is 0 Å². The van der Waals surface area contributed by atoms with E-state index in [-0.39, 0.29) is 18.1 Å². The van der Waals surface area contributed by atoms with Gasteiger partial charge in [-0.2, -0.15) is 0 Å². The number of hydrogen-bond acceptors (Lipinski definition) is 3. The van der Waals surface area contributed by atoms with Crippen LogP contribution in [0.4, 0.5) is 0 Å². The Hall–Kier alpha value is -1.26. The van der Waals surface area contributed by atoms with Crippen LogP contribution in [0.3, 0.4) is 0 Å². The van der Waals surface area contributed by atoms with Gasteiger partial charge >= 0.3 is 0 Å². The molecule has 0 unspecified atom stereocenters. The van der Waals surface area contributed by atoms with Crippen LogP contribution in [0.15, 0.2) is 12.1 Å². The molecule has 0 spiro atoms. The minimum absolute atomic E-state index is 0.0162. The van der Waals surface area contributed by atoms with E-state index >= 15 is 0 Å². The van der Waals surface area contributed by atoms with E-state index in [4.69, 9.17) is 16.3 Å². The first-order valence-electron chi connectivity index (χ1n) is 9.70. The lowest BCUT2D eigenvalue weighted by Gasteiger charge is -2.45. The van der Waals surface area contributed by atoms with Crippen LogP contribution >= 0.6 is 11.6 Å². The predicted octanol–water partition coefficient (Wildman–Crippen LogP) is 3.58. The lowest BCUT2D eigenvalue weighted by Crippen LogP contribution is -2.57. The van der Waals surface area contributed by atoms with E-state index in [0.717, 1.165) is 30.7 Å². The molecule has 3 saturated heterocycles. The monoisotopic (exact) mass is 360 g/mol. The number of nitrogens with one attached hydrogen (secondary N) is 1. The van der Waals surface area contributed by atoms with E-state index in [2.05, 4.69) is 10.2 Å². The number of rotatable bonds is 2. The molecular formula is C20H25ClN2O2. The number of amides is 1. The predicted molar refractivity (Wildman–Crippen MR) is 97.5 cm³/mol. The van der Waals surface area contributed by atoms with E-state index in [9.17, 15) is 4.79 Å². The minimum Gasteiger partial charge on any atom is -0.489 e. The standard InChI is InChI=1S/C20H25ClN2O2/c21-14-9-16-13-2-1-3-15(8-13)25-19(16)17(10-14)20(24)22-18-11-23-6-4-12(18)5-7-23/h9-10,12-13,15,18H,1-8,11H2,(H,22,24)/t13-,15+,18+/m0/s1. The third-order valence-electron chi connectivity index (χ3n) is 6.65. The molecule has 3 atom stereocenters. The van der Waals surface area contributed by atoms with Crippen molar-refractivity contribution in [3.8, 4) is 5.75 Å². The van der Waals surface area contributed by atoms with Gasteiger partial charge < -0.3 is 15.0 Å². The summed E-state index contributed by atoms with van der Waals surface area (Å²) in [5.41, 5.74) is 1.78. The van der Waals surface area contributed by atoms with Crippen molar-refractivity contribution < 1.29 is 9.53 Å². The quantitative estimate of drug-likeness (QED) is 0.876. The second-order valence-corrected chi connectivity index (χ2v) is 8.63. The van der Waals surface area contributed by atoms with E-state index in [1.165, 1.54) is 38.8 Å². The molecule has 134 valence electrons. The van der Waals surface area contributed by atoms with Crippen LogP contribution in [-0.2, 0) is 0 Å². The molecule has 4 nitrogen and oxygen atoms in total. The number of carbonyl (C=O) groups excluding carboxylic acids is 1. The SMILES string of the molecule is O=C(N[C@@H]1CN2CCC1CC2)c1cc(Cl)cc2c1O[C@@H]1CCC[C@H]2C1. The molecule has 25 heavy (non-hydrogen) atoms. The zero-order valence-corrected chi connectivity index (χ0v) is 15.2. The summed E-state index contributed by atoms with van der Waals surface area (Å²) in [6.07, 6.45) is 7.18. The summed E-state index contributed by atoms with van der Waals surface area (Å²) < 4.78 is 6.23. The van der Waals surface area contributed by atoms with Crippen molar-refractivity contribution in [1.82, 2.24) is 10.2 Å². The zero-order valence-electron chi connectivity index (χ0n) is 14.5. The molecule has 1 aromatic carbocycles. The van der Waals surface area contributed by atoms with Crippen molar-refractivity contribution in [1.29, 1.82) is 0 Å². The Bertz CT molecular complexity index is 699. The molecule has 0 radical (unpaired) electrons. The van der Waals surface area contributed by atoms with Crippen LogP contribution in [0.5, 0.6) is 5.75 Å². The van der Waals surface area contributed by atoms with Crippen molar-refractivity contribution >= 4 is 17.5 Å². The summed E-state index contributed by atoms with van der Waals surface area (Å²) in [6.45, 7) is 3.33. The van der Waals surface area contributed by atoms with E-state index in [1.54, 1.807) is 6.07 Å². The Kier molecular flexibility index (Phi) is 3.94. The van der Waals surface area contributed by atoms with Crippen LogP contribution in [-0.4, -0.2) is 42.6 Å². The van der Waals surface area contributed by atoms with Gasteiger partial charge in [0.1, 0.15) is 5.75 Å². The van der Waals surface area contributed by atoms with Gasteiger partial charge in [0.25, 0.3) is 5.91 Å². The number of fused-ring (bicyclic) bond motifs is 7. The zero-order chi connectivity index (χ0) is 17.0. The highest BCUT2D eigenvalue weighted by molar-refractivity contribution is 6.31. The average Bonchev–Trinajstić information content (AvgIpc) is 2.63. The number of ether oxygens (including phenoxy) is 1. The van der Waals surface area contributed by atoms with Crippen LogP contribution < -0.4 is 10.1 Å². The van der Waals surface area contributed by atoms with Crippen molar-refractivity contribution in [3.05, 3.63) is 28.3 Å². The molecular weight excluding hydrogens is 336 g/mol. The fourth-order valence-electron chi connectivity index (χ4n) is 5.29. The third-order valence-corrected chi connectivity index (χ3v) is 6.87. The summed E-state index contributed by atoms with van der Waals surface area (Å²) >= 11 is 6.36. The number of nitrogens with zero attached hydrogens (tertiary/aromatic N) is 1. The van der Waals surface area contributed by atoms with Gasteiger partial charge in [-0.25, -0.2) is 0 Å². The van der Waals surface area contributed by atoms with Crippen LogP contribution in [0.1, 0.15) is 60.4 Å². The second kappa shape index (κ2) is 6.17. The first-order chi connectivity index (χ1) is 12.2. The fourth-order valence-corrected chi connectivity index (χ4v) is 5.52. The van der Waals surface area contributed by atoms with Crippen molar-refractivity contribution in [2.75, 3.05) is 19.6 Å². The second-order valence-electron chi connectivity index (χ2n) is 8.19. The van der Waals surface area contributed by atoms with Gasteiger partial charge in [-0.05, 0) is 81.1 Å². The van der Waals surface area contributed by atoms with Crippen LogP contribution in [0.2, 0.25) is 5.02 Å². The van der Waals surface area contributed by atoms with E-state index in [0.29, 0.717) is 22.4 Å². The van der Waals surface area contributed by atoms with Crippen LogP contribution in [0, 0.1) is 5.92 Å². The molecule has 5 aliphatic rings. The molecule has 1 aromatic rings. The lowest BCUT2D eigenvalue weighted by molar-refractivity contribution is 0.0612. The normalized spacial score (nSPS) is 35.6. The molecule has 4 fully saturated rings. The number of piperidine rings is 3. The van der Waals surface area contributed by atoms with Gasteiger partial charge in [0, 0.05) is 17.6 Å². The summed E-state index contributed by atoms with van der Waals surface area (Å²) in [4.78, 5) is 15.5. The van der Waals surface area contributed by atoms with Crippen molar-refractivity contribution in [2.45, 2.75) is 56.6 Å². The topological polar surface area (TPSA) is 41.6 Å². The van der Waals surface area contributed by atoms with Crippen molar-refractivity contribution in [3.63, 3.8) is 0 Å². The first kappa shape index (κ1) is 16.0. The Morgan fingerprint density at radius 2 is 2.04 bits per heavy atom. The molecule has 1 N–H and O–H groups in total. The minimum atomic E-state index is -0.0162. The summed E-state index contributed by atoms with van der Waals surface area (Å²) in [7, 11) is 0. The van der Waals surface area contributed by atoms with Crippen molar-refractivity contribution in [2.24, 2.45) is 5.92 Å². The molecule has 4 heterocycles. The molecule has 1 aliphatic carbocycles. The molecule has 4 aliphatic heterocycles. The largest absolute Gasteiger partial charge is 0.489 e. The molecule has 4 bridgehead atoms. The van der Waals surface area contributed by atoms with E-state index in [1.807, 2.05) is 6.07 Å². The number of carbonyl (C=O) groups is 1. The first-order valence-corrected chi connectivity index (χ1v) is 10.1. The highest BCUT2D eigenvalue weighted by atomic mass is 35.5. The number of hydrogen-bond donors (Lipinski definition) is 1. The molecule has 5 heteroatoms. The Morgan fingerprint density at radius 3 is 2.80 bits per heavy atom. The fraction of sp³-hybridized carbons (Fsp3) is 0.650. The summed E-state index contributed by atoms with van der Waals surface area (Å²) in [5.74, 6) is 1.88. The Balaban J connectivity index is 1.43. The lowest BCUT2D eigenvalue weighted by atomic mass is 9.79. The summed E-state index contributed by atoms with van der Waals surface area (Å²) in [5, 5.41) is 3.93. The molecule has 0 aromatic heterocycles. The third kappa shape index (κ3) is 2.83. The van der Waals surface area contributed by atoms with Gasteiger partial charge in [0.15, 0.2) is 0 Å². The average molecular weight is 361 g/mol. The maximum Gasteiger partial charge on any atom is 0.255 e. The Morgan fingerprint density at radius 1 is 1.20 bits per heavy atom. The van der Waals surface area contributed by atoms with Gasteiger partial charge in [-0.1, -0.05) is 11.6 Å². The summed E-state index contributed by atoms with van der Waals surface area (Å²) in [6, 6.07) is 4.06. The van der Waals surface area contributed by atoms with Crippen LogP contribution in [0.25, 0.3) is 0 Å². The molecule has 1 amide bonds. The smallest absolute Gasteiger partial charge is 0.255 e. The molecule has 6 rings (SSSR count). The van der Waals surface area contributed by atoms with Gasteiger partial charge in [0.05, 0.1) is 11.7 Å². The maximum atomic E-state index is 13.1. The Labute approximate surface area is 153 Å².